The summed E-state index contributed by atoms with van der Waals surface area (Å²) in [4.78, 5) is 28.0. The molecule has 0 bridgehead atoms. The lowest BCUT2D eigenvalue weighted by Crippen LogP contribution is -2.50. The highest BCUT2D eigenvalue weighted by Crippen LogP contribution is 2.25. The van der Waals surface area contributed by atoms with Crippen molar-refractivity contribution in [3.05, 3.63) is 12.4 Å². The van der Waals surface area contributed by atoms with Crippen molar-refractivity contribution in [2.45, 2.75) is 51.5 Å². The van der Waals surface area contributed by atoms with Gasteiger partial charge < -0.3 is 9.80 Å². The average molecular weight is 373 g/mol. The summed E-state index contributed by atoms with van der Waals surface area (Å²) >= 11 is 0. The van der Waals surface area contributed by atoms with Crippen LogP contribution in [0.25, 0.3) is 0 Å². The second-order valence-corrected chi connectivity index (χ2v) is 8.32. The van der Waals surface area contributed by atoms with E-state index < -0.39 is 0 Å². The van der Waals surface area contributed by atoms with Gasteiger partial charge in [0.2, 0.25) is 0 Å². The van der Waals surface area contributed by atoms with E-state index in [1.54, 1.807) is 6.33 Å². The zero-order valence-electron chi connectivity index (χ0n) is 16.4. The van der Waals surface area contributed by atoms with Gasteiger partial charge in [0.05, 0.1) is 0 Å². The largest absolute Gasteiger partial charge is 0.354 e. The lowest BCUT2D eigenvalue weighted by atomic mass is 10.00. The van der Waals surface area contributed by atoms with Crippen LogP contribution in [0.2, 0.25) is 0 Å². The number of piperazine rings is 1. The highest BCUT2D eigenvalue weighted by Gasteiger charge is 2.27. The number of urea groups is 1. The molecule has 1 aliphatic carbocycles. The van der Waals surface area contributed by atoms with E-state index in [-0.39, 0.29) is 6.03 Å². The van der Waals surface area contributed by atoms with Crippen molar-refractivity contribution in [1.29, 1.82) is 0 Å². The Morgan fingerprint density at radius 2 is 1.70 bits per heavy atom. The van der Waals surface area contributed by atoms with Crippen LogP contribution in [-0.4, -0.2) is 71.1 Å². The fourth-order valence-corrected chi connectivity index (χ4v) is 4.57. The highest BCUT2D eigenvalue weighted by molar-refractivity contribution is 5.88. The molecule has 0 atom stereocenters. The van der Waals surface area contributed by atoms with Crippen molar-refractivity contribution >= 4 is 17.7 Å². The molecule has 2 aliphatic heterocycles. The average Bonchev–Trinajstić information content (AvgIpc) is 3.24. The number of aromatic nitrogens is 2. The summed E-state index contributed by atoms with van der Waals surface area (Å²) in [6, 6.07) is 2.66. The Labute approximate surface area is 162 Å². The topological polar surface area (TPSA) is 64.6 Å². The van der Waals surface area contributed by atoms with Gasteiger partial charge in [-0.25, -0.2) is 14.8 Å². The van der Waals surface area contributed by atoms with Crippen LogP contribution in [0.4, 0.5) is 16.4 Å². The molecule has 1 aromatic rings. The van der Waals surface area contributed by atoms with E-state index in [4.69, 9.17) is 0 Å². The Balaban J connectivity index is 1.32. The van der Waals surface area contributed by atoms with E-state index in [0.29, 0.717) is 11.7 Å². The quantitative estimate of drug-likeness (QED) is 0.884. The minimum atomic E-state index is -0.0439. The van der Waals surface area contributed by atoms with E-state index in [1.807, 2.05) is 11.0 Å². The standard InChI is InChI=1S/C20H32N6O/c1-16-6-8-26(9-7-16)20(27)23-18-14-19(22-15-21-18)25-12-10-24(11-13-25)17-4-2-3-5-17/h14-17H,2-13H2,1H3,(H,21,22,23,27). The molecule has 7 heteroatoms. The van der Waals surface area contributed by atoms with Gasteiger partial charge in [-0.2, -0.15) is 0 Å². The van der Waals surface area contributed by atoms with E-state index in [1.165, 1.54) is 25.7 Å². The third-order valence-corrected chi connectivity index (χ3v) is 6.44. The van der Waals surface area contributed by atoms with Crippen LogP contribution in [0.1, 0.15) is 45.4 Å². The maximum atomic E-state index is 12.5. The molecule has 3 fully saturated rings. The van der Waals surface area contributed by atoms with Crippen LogP contribution < -0.4 is 10.2 Å². The van der Waals surface area contributed by atoms with Crippen molar-refractivity contribution in [3.8, 4) is 0 Å². The lowest BCUT2D eigenvalue weighted by molar-refractivity contribution is 0.186. The summed E-state index contributed by atoms with van der Waals surface area (Å²) in [5.74, 6) is 2.23. The molecule has 1 saturated carbocycles. The van der Waals surface area contributed by atoms with Crippen molar-refractivity contribution in [1.82, 2.24) is 19.8 Å². The van der Waals surface area contributed by atoms with Gasteiger partial charge in [0.15, 0.2) is 0 Å². The molecule has 3 aliphatic rings. The van der Waals surface area contributed by atoms with Crippen LogP contribution in [0.15, 0.2) is 12.4 Å². The molecule has 148 valence electrons. The number of amides is 2. The first-order valence-corrected chi connectivity index (χ1v) is 10.6. The monoisotopic (exact) mass is 372 g/mol. The molecule has 7 nitrogen and oxygen atoms in total. The zero-order chi connectivity index (χ0) is 18.6. The van der Waals surface area contributed by atoms with Crippen molar-refractivity contribution in [2.24, 2.45) is 5.92 Å². The summed E-state index contributed by atoms with van der Waals surface area (Å²) in [7, 11) is 0. The van der Waals surface area contributed by atoms with Gasteiger partial charge in [0.1, 0.15) is 18.0 Å². The summed E-state index contributed by atoms with van der Waals surface area (Å²) in [5, 5.41) is 2.96. The number of hydrogen-bond acceptors (Lipinski definition) is 5. The Bertz CT molecular complexity index is 631. The molecule has 0 unspecified atom stereocenters. The fourth-order valence-electron chi connectivity index (χ4n) is 4.57. The first kappa shape index (κ1) is 18.5. The number of nitrogens with zero attached hydrogens (tertiary/aromatic N) is 5. The van der Waals surface area contributed by atoms with Crippen molar-refractivity contribution < 1.29 is 4.79 Å². The Morgan fingerprint density at radius 1 is 1.00 bits per heavy atom. The molecule has 4 rings (SSSR count). The number of nitrogens with one attached hydrogen (secondary N) is 1. The second-order valence-electron chi connectivity index (χ2n) is 8.32. The van der Waals surface area contributed by atoms with E-state index >= 15 is 0 Å². The van der Waals surface area contributed by atoms with Gasteiger partial charge in [-0.3, -0.25) is 10.2 Å². The third-order valence-electron chi connectivity index (χ3n) is 6.44. The summed E-state index contributed by atoms with van der Waals surface area (Å²) < 4.78 is 0. The summed E-state index contributed by atoms with van der Waals surface area (Å²) in [6.07, 6.45) is 9.21. The normalized spacial score (nSPS) is 23.0. The number of hydrogen-bond donors (Lipinski definition) is 1. The van der Waals surface area contributed by atoms with Crippen molar-refractivity contribution in [3.63, 3.8) is 0 Å². The van der Waals surface area contributed by atoms with Gasteiger partial charge in [0.25, 0.3) is 0 Å². The molecule has 0 spiro atoms. The van der Waals surface area contributed by atoms with Gasteiger partial charge in [0, 0.05) is 51.4 Å². The maximum Gasteiger partial charge on any atom is 0.323 e. The maximum absolute atomic E-state index is 12.5. The van der Waals surface area contributed by atoms with Crippen LogP contribution in [-0.2, 0) is 0 Å². The van der Waals surface area contributed by atoms with Crippen LogP contribution in [0.5, 0.6) is 0 Å². The van der Waals surface area contributed by atoms with Gasteiger partial charge in [-0.15, -0.1) is 0 Å². The molecule has 0 aromatic carbocycles. The number of carbonyl (C=O) groups is 1. The summed E-state index contributed by atoms with van der Waals surface area (Å²) in [6.45, 7) is 8.08. The van der Waals surface area contributed by atoms with E-state index in [9.17, 15) is 4.79 Å². The van der Waals surface area contributed by atoms with Crippen molar-refractivity contribution in [2.75, 3.05) is 49.5 Å². The van der Waals surface area contributed by atoms with Gasteiger partial charge in [-0.05, 0) is 31.6 Å². The molecule has 2 amide bonds. The lowest BCUT2D eigenvalue weighted by Gasteiger charge is -2.38. The molecule has 0 radical (unpaired) electrons. The highest BCUT2D eigenvalue weighted by atomic mass is 16.2. The molecule has 1 N–H and O–H groups in total. The SMILES string of the molecule is CC1CCN(C(=O)Nc2cc(N3CCN(C4CCCC4)CC3)ncn2)CC1. The molecular formula is C20H32N6O. The molecule has 2 saturated heterocycles. The second kappa shape index (κ2) is 8.42. The molecular weight excluding hydrogens is 340 g/mol. The van der Waals surface area contributed by atoms with Crippen LogP contribution >= 0.6 is 0 Å². The summed E-state index contributed by atoms with van der Waals surface area (Å²) in [5.41, 5.74) is 0. The molecule has 27 heavy (non-hydrogen) atoms. The Hall–Kier alpha value is -1.89. The zero-order valence-corrected chi connectivity index (χ0v) is 16.4. The van der Waals surface area contributed by atoms with Gasteiger partial charge >= 0.3 is 6.03 Å². The first-order chi connectivity index (χ1) is 13.2. The number of anilines is 2. The minimum Gasteiger partial charge on any atom is -0.354 e. The van der Waals surface area contributed by atoms with E-state index in [0.717, 1.165) is 64.0 Å². The molecule has 3 heterocycles. The Morgan fingerprint density at radius 3 is 2.41 bits per heavy atom. The molecule has 1 aromatic heterocycles. The number of piperidine rings is 1. The number of rotatable bonds is 3. The Kier molecular flexibility index (Phi) is 5.76. The van der Waals surface area contributed by atoms with Crippen LogP contribution in [0.3, 0.4) is 0 Å². The van der Waals surface area contributed by atoms with E-state index in [2.05, 4.69) is 32.0 Å². The van der Waals surface area contributed by atoms with Crippen LogP contribution in [0, 0.1) is 5.92 Å². The predicted octanol–water partition coefficient (Wildman–Crippen LogP) is 2.81. The number of likely N-dealkylation sites (tertiary alicyclic amines) is 1. The smallest absolute Gasteiger partial charge is 0.323 e. The van der Waals surface area contributed by atoms with Gasteiger partial charge in [-0.1, -0.05) is 19.8 Å². The third kappa shape index (κ3) is 4.51. The minimum absolute atomic E-state index is 0.0439. The number of carbonyl (C=O) groups excluding carboxylic acids is 1. The predicted molar refractivity (Wildman–Crippen MR) is 107 cm³/mol. The first-order valence-electron chi connectivity index (χ1n) is 10.6. The fraction of sp³-hybridized carbons (Fsp3) is 0.750.